The SMILES string of the molecule is CCC(Br)C(=O)NC1CCc2ccccc2C1. The van der Waals surface area contributed by atoms with Crippen molar-refractivity contribution in [3.05, 3.63) is 35.4 Å². The molecule has 0 fully saturated rings. The Morgan fingerprint density at radius 1 is 1.47 bits per heavy atom. The van der Waals surface area contributed by atoms with Gasteiger partial charge in [-0.3, -0.25) is 4.79 Å². The molecule has 0 heterocycles. The minimum atomic E-state index is -0.0559. The second-order valence-electron chi connectivity index (χ2n) is 4.59. The van der Waals surface area contributed by atoms with Gasteiger partial charge in [0.1, 0.15) is 0 Å². The molecule has 2 nitrogen and oxygen atoms in total. The van der Waals surface area contributed by atoms with Crippen LogP contribution in [-0.4, -0.2) is 16.8 Å². The Kier molecular flexibility index (Phi) is 4.21. The highest BCUT2D eigenvalue weighted by atomic mass is 79.9. The van der Waals surface area contributed by atoms with Gasteiger partial charge in [0, 0.05) is 6.04 Å². The number of benzene rings is 1. The van der Waals surface area contributed by atoms with Crippen molar-refractivity contribution in [1.29, 1.82) is 0 Å². The Bertz CT molecular complexity index is 405. The van der Waals surface area contributed by atoms with Crippen molar-refractivity contribution in [3.8, 4) is 0 Å². The first-order chi connectivity index (χ1) is 8.20. The number of amides is 1. The van der Waals surface area contributed by atoms with Crippen LogP contribution in [0, 0.1) is 0 Å². The summed E-state index contributed by atoms with van der Waals surface area (Å²) in [5.41, 5.74) is 2.82. The van der Waals surface area contributed by atoms with Gasteiger partial charge in [-0.1, -0.05) is 47.1 Å². The first-order valence-corrected chi connectivity index (χ1v) is 7.13. The van der Waals surface area contributed by atoms with Gasteiger partial charge in [-0.15, -0.1) is 0 Å². The minimum absolute atomic E-state index is 0.0559. The number of carbonyl (C=O) groups excluding carboxylic acids is 1. The van der Waals surface area contributed by atoms with E-state index in [0.717, 1.165) is 25.7 Å². The molecule has 2 rings (SSSR count). The summed E-state index contributed by atoms with van der Waals surface area (Å²) in [6, 6.07) is 8.81. The van der Waals surface area contributed by atoms with Gasteiger partial charge in [-0.05, 0) is 36.8 Å². The minimum Gasteiger partial charge on any atom is -0.352 e. The standard InChI is InChI=1S/C14H18BrNO/c1-2-13(15)14(17)16-12-8-7-10-5-3-4-6-11(10)9-12/h3-6,12-13H,2,7-9H2,1H3,(H,16,17). The van der Waals surface area contributed by atoms with Gasteiger partial charge in [0.05, 0.1) is 4.83 Å². The molecular formula is C14H18BrNO. The Hall–Kier alpha value is -0.830. The summed E-state index contributed by atoms with van der Waals surface area (Å²) in [4.78, 5) is 11.7. The number of rotatable bonds is 3. The van der Waals surface area contributed by atoms with E-state index in [4.69, 9.17) is 0 Å². The third kappa shape index (κ3) is 3.09. The molecular weight excluding hydrogens is 278 g/mol. The maximum absolute atomic E-state index is 11.8. The topological polar surface area (TPSA) is 29.1 Å². The fourth-order valence-corrected chi connectivity index (χ4v) is 2.43. The molecule has 2 atom stereocenters. The number of hydrogen-bond acceptors (Lipinski definition) is 1. The van der Waals surface area contributed by atoms with Gasteiger partial charge in [0.15, 0.2) is 0 Å². The predicted molar refractivity (Wildman–Crippen MR) is 73.4 cm³/mol. The van der Waals surface area contributed by atoms with Crippen molar-refractivity contribution < 1.29 is 4.79 Å². The third-order valence-electron chi connectivity index (χ3n) is 3.34. The number of alkyl halides is 1. The number of nitrogens with one attached hydrogen (secondary N) is 1. The fraction of sp³-hybridized carbons (Fsp3) is 0.500. The summed E-state index contributed by atoms with van der Waals surface area (Å²) in [7, 11) is 0. The molecule has 0 saturated carbocycles. The van der Waals surface area contributed by atoms with Crippen molar-refractivity contribution in [2.75, 3.05) is 0 Å². The van der Waals surface area contributed by atoms with Gasteiger partial charge in [-0.2, -0.15) is 0 Å². The molecule has 1 aromatic carbocycles. The highest BCUT2D eigenvalue weighted by Gasteiger charge is 2.21. The van der Waals surface area contributed by atoms with Crippen LogP contribution in [0.25, 0.3) is 0 Å². The van der Waals surface area contributed by atoms with E-state index in [1.165, 1.54) is 11.1 Å². The van der Waals surface area contributed by atoms with Crippen LogP contribution < -0.4 is 5.32 Å². The summed E-state index contributed by atoms with van der Waals surface area (Å²) in [6.07, 6.45) is 3.91. The van der Waals surface area contributed by atoms with Crippen LogP contribution in [0.4, 0.5) is 0 Å². The Morgan fingerprint density at radius 3 is 2.88 bits per heavy atom. The molecule has 17 heavy (non-hydrogen) atoms. The molecule has 1 aliphatic carbocycles. The zero-order valence-corrected chi connectivity index (χ0v) is 11.7. The van der Waals surface area contributed by atoms with E-state index in [-0.39, 0.29) is 10.7 Å². The van der Waals surface area contributed by atoms with Crippen LogP contribution in [0.15, 0.2) is 24.3 Å². The molecule has 0 spiro atoms. The molecule has 1 N–H and O–H groups in total. The van der Waals surface area contributed by atoms with Crippen molar-refractivity contribution in [3.63, 3.8) is 0 Å². The molecule has 0 saturated heterocycles. The van der Waals surface area contributed by atoms with Gasteiger partial charge in [0.2, 0.25) is 5.91 Å². The highest BCUT2D eigenvalue weighted by molar-refractivity contribution is 9.10. The average Bonchev–Trinajstić information content (AvgIpc) is 2.37. The molecule has 1 aliphatic rings. The maximum Gasteiger partial charge on any atom is 0.233 e. The lowest BCUT2D eigenvalue weighted by Crippen LogP contribution is -2.42. The van der Waals surface area contributed by atoms with E-state index in [9.17, 15) is 4.79 Å². The summed E-state index contributed by atoms with van der Waals surface area (Å²) in [5.74, 6) is 0.122. The number of halogens is 1. The van der Waals surface area contributed by atoms with E-state index >= 15 is 0 Å². The third-order valence-corrected chi connectivity index (χ3v) is 4.40. The van der Waals surface area contributed by atoms with E-state index < -0.39 is 0 Å². The van der Waals surface area contributed by atoms with E-state index in [2.05, 4.69) is 45.5 Å². The molecule has 0 aromatic heterocycles. The van der Waals surface area contributed by atoms with Crippen molar-refractivity contribution in [1.82, 2.24) is 5.32 Å². The van der Waals surface area contributed by atoms with E-state index in [0.29, 0.717) is 6.04 Å². The van der Waals surface area contributed by atoms with Crippen LogP contribution in [0.5, 0.6) is 0 Å². The normalized spacial score (nSPS) is 20.5. The molecule has 0 bridgehead atoms. The lowest BCUT2D eigenvalue weighted by Gasteiger charge is -2.26. The first kappa shape index (κ1) is 12.6. The van der Waals surface area contributed by atoms with Crippen molar-refractivity contribution in [2.24, 2.45) is 0 Å². The van der Waals surface area contributed by atoms with E-state index in [1.54, 1.807) is 0 Å². The van der Waals surface area contributed by atoms with Crippen molar-refractivity contribution >= 4 is 21.8 Å². The van der Waals surface area contributed by atoms with Crippen molar-refractivity contribution in [2.45, 2.75) is 43.5 Å². The lowest BCUT2D eigenvalue weighted by molar-refractivity contribution is -0.121. The second-order valence-corrected chi connectivity index (χ2v) is 5.70. The predicted octanol–water partition coefficient (Wildman–Crippen LogP) is 2.83. The number of fused-ring (bicyclic) bond motifs is 1. The molecule has 2 unspecified atom stereocenters. The highest BCUT2D eigenvalue weighted by Crippen LogP contribution is 2.21. The molecule has 3 heteroatoms. The quantitative estimate of drug-likeness (QED) is 0.854. The largest absolute Gasteiger partial charge is 0.352 e. The molecule has 92 valence electrons. The summed E-state index contributed by atoms with van der Waals surface area (Å²) in [6.45, 7) is 2.01. The lowest BCUT2D eigenvalue weighted by atomic mass is 9.88. The fourth-order valence-electron chi connectivity index (χ4n) is 2.30. The zero-order chi connectivity index (χ0) is 12.3. The molecule has 0 aliphatic heterocycles. The Morgan fingerprint density at radius 2 is 2.18 bits per heavy atom. The van der Waals surface area contributed by atoms with Crippen LogP contribution in [0.3, 0.4) is 0 Å². The Labute approximate surface area is 111 Å². The first-order valence-electron chi connectivity index (χ1n) is 6.22. The number of aryl methyl sites for hydroxylation is 1. The summed E-state index contributed by atoms with van der Waals surface area (Å²) in [5, 5.41) is 3.12. The summed E-state index contributed by atoms with van der Waals surface area (Å²) < 4.78 is 0. The van der Waals surface area contributed by atoms with E-state index in [1.807, 2.05) is 6.92 Å². The van der Waals surface area contributed by atoms with Gasteiger partial charge in [-0.25, -0.2) is 0 Å². The maximum atomic E-state index is 11.8. The number of hydrogen-bond donors (Lipinski definition) is 1. The molecule has 1 amide bonds. The molecule has 1 aromatic rings. The van der Waals surface area contributed by atoms with Crippen LogP contribution >= 0.6 is 15.9 Å². The van der Waals surface area contributed by atoms with Crippen LogP contribution in [-0.2, 0) is 17.6 Å². The Balaban J connectivity index is 1.96. The van der Waals surface area contributed by atoms with Crippen LogP contribution in [0.2, 0.25) is 0 Å². The molecule has 0 radical (unpaired) electrons. The smallest absolute Gasteiger partial charge is 0.233 e. The monoisotopic (exact) mass is 295 g/mol. The summed E-state index contributed by atoms with van der Waals surface area (Å²) >= 11 is 3.39. The zero-order valence-electron chi connectivity index (χ0n) is 10.1. The average molecular weight is 296 g/mol. The number of carbonyl (C=O) groups is 1. The van der Waals surface area contributed by atoms with Gasteiger partial charge >= 0.3 is 0 Å². The van der Waals surface area contributed by atoms with Crippen LogP contribution in [0.1, 0.15) is 30.9 Å². The second kappa shape index (κ2) is 5.67. The van der Waals surface area contributed by atoms with Gasteiger partial charge < -0.3 is 5.32 Å². The van der Waals surface area contributed by atoms with Gasteiger partial charge in [0.25, 0.3) is 0 Å².